The van der Waals surface area contributed by atoms with Gasteiger partial charge in [0.2, 0.25) is 5.78 Å². The number of nitrogens with one attached hydrogen (secondary N) is 1. The summed E-state index contributed by atoms with van der Waals surface area (Å²) in [5, 5.41) is 3.09. The number of ether oxygens (including phenoxy) is 1. The molecule has 0 fully saturated rings. The molecular formula is C22H19ClN2O4. The van der Waals surface area contributed by atoms with Crippen LogP contribution in [0.2, 0.25) is 5.02 Å². The lowest BCUT2D eigenvalue weighted by Crippen LogP contribution is -2.20. The van der Waals surface area contributed by atoms with Crippen LogP contribution in [0.25, 0.3) is 5.69 Å². The predicted octanol–water partition coefficient (Wildman–Crippen LogP) is 3.90. The second-order valence-electron chi connectivity index (χ2n) is 6.14. The van der Waals surface area contributed by atoms with Gasteiger partial charge in [0.25, 0.3) is 5.91 Å². The molecule has 3 aromatic rings. The SMILES string of the molecule is CCOC(=O)c1cc(C(=O)c2ccc(Cl)cc2)n(-c2ccccc2C(=O)NC)c1. The Balaban J connectivity index is 2.18. The lowest BCUT2D eigenvalue weighted by molar-refractivity contribution is 0.0526. The molecule has 0 spiro atoms. The Bertz CT molecular complexity index is 1070. The van der Waals surface area contributed by atoms with Crippen LogP contribution in [0.4, 0.5) is 0 Å². The number of halogens is 1. The molecule has 29 heavy (non-hydrogen) atoms. The Hall–Kier alpha value is -3.38. The fourth-order valence-electron chi connectivity index (χ4n) is 2.92. The van der Waals surface area contributed by atoms with E-state index in [4.69, 9.17) is 16.3 Å². The van der Waals surface area contributed by atoms with Gasteiger partial charge in [-0.15, -0.1) is 0 Å². The fourth-order valence-corrected chi connectivity index (χ4v) is 3.05. The standard InChI is InChI=1S/C22H19ClN2O4/c1-3-29-22(28)15-12-19(20(26)14-8-10-16(23)11-9-14)25(13-15)18-7-5-4-6-17(18)21(27)24-2/h4-13H,3H2,1-2H3,(H,24,27). The van der Waals surface area contributed by atoms with Crippen LogP contribution < -0.4 is 5.32 Å². The zero-order valence-corrected chi connectivity index (χ0v) is 16.7. The van der Waals surface area contributed by atoms with Gasteiger partial charge in [-0.05, 0) is 49.4 Å². The number of amides is 1. The number of ketones is 1. The lowest BCUT2D eigenvalue weighted by Gasteiger charge is -2.13. The molecule has 2 aromatic carbocycles. The van der Waals surface area contributed by atoms with Crippen LogP contribution in [0, 0.1) is 0 Å². The number of para-hydroxylation sites is 1. The third-order valence-corrected chi connectivity index (χ3v) is 4.56. The van der Waals surface area contributed by atoms with Gasteiger partial charge < -0.3 is 14.6 Å². The van der Waals surface area contributed by atoms with E-state index >= 15 is 0 Å². The van der Waals surface area contributed by atoms with Crippen LogP contribution >= 0.6 is 11.6 Å². The van der Waals surface area contributed by atoms with Gasteiger partial charge in [0, 0.05) is 23.8 Å². The number of esters is 1. The van der Waals surface area contributed by atoms with Crippen molar-refractivity contribution in [3.63, 3.8) is 0 Å². The van der Waals surface area contributed by atoms with E-state index in [0.29, 0.717) is 21.8 Å². The molecule has 0 radical (unpaired) electrons. The minimum Gasteiger partial charge on any atom is -0.462 e. The largest absolute Gasteiger partial charge is 0.462 e. The van der Waals surface area contributed by atoms with Crippen LogP contribution in [0.1, 0.15) is 43.7 Å². The summed E-state index contributed by atoms with van der Waals surface area (Å²) in [7, 11) is 1.53. The molecule has 0 aliphatic heterocycles. The topological polar surface area (TPSA) is 77.4 Å². The Morgan fingerprint density at radius 2 is 1.72 bits per heavy atom. The zero-order chi connectivity index (χ0) is 21.0. The van der Waals surface area contributed by atoms with Gasteiger partial charge >= 0.3 is 5.97 Å². The number of carbonyl (C=O) groups is 3. The third kappa shape index (κ3) is 4.22. The molecule has 1 amide bonds. The van der Waals surface area contributed by atoms with Crippen molar-refractivity contribution in [2.45, 2.75) is 6.92 Å². The molecule has 0 atom stereocenters. The van der Waals surface area contributed by atoms with Gasteiger partial charge in [-0.25, -0.2) is 4.79 Å². The zero-order valence-electron chi connectivity index (χ0n) is 15.9. The lowest BCUT2D eigenvalue weighted by atomic mass is 10.1. The number of hydrogen-bond acceptors (Lipinski definition) is 4. The van der Waals surface area contributed by atoms with E-state index in [1.165, 1.54) is 23.9 Å². The smallest absolute Gasteiger partial charge is 0.339 e. The number of hydrogen-bond donors (Lipinski definition) is 1. The Morgan fingerprint density at radius 1 is 1.03 bits per heavy atom. The van der Waals surface area contributed by atoms with Crippen molar-refractivity contribution in [2.24, 2.45) is 0 Å². The molecule has 3 rings (SSSR count). The molecule has 0 saturated carbocycles. The molecule has 6 nitrogen and oxygen atoms in total. The average molecular weight is 411 g/mol. The summed E-state index contributed by atoms with van der Waals surface area (Å²) in [4.78, 5) is 37.8. The summed E-state index contributed by atoms with van der Waals surface area (Å²) >= 11 is 5.92. The molecule has 0 saturated heterocycles. The van der Waals surface area contributed by atoms with Crippen molar-refractivity contribution >= 4 is 29.3 Å². The minimum absolute atomic E-state index is 0.208. The number of carbonyl (C=O) groups excluding carboxylic acids is 3. The maximum atomic E-state index is 13.2. The highest BCUT2D eigenvalue weighted by molar-refractivity contribution is 6.30. The summed E-state index contributed by atoms with van der Waals surface area (Å²) in [6.07, 6.45) is 1.50. The van der Waals surface area contributed by atoms with E-state index in [1.54, 1.807) is 55.5 Å². The molecule has 1 N–H and O–H groups in total. The molecule has 148 valence electrons. The van der Waals surface area contributed by atoms with Crippen molar-refractivity contribution in [3.05, 3.63) is 88.2 Å². The first-order valence-electron chi connectivity index (χ1n) is 8.97. The van der Waals surface area contributed by atoms with Crippen molar-refractivity contribution in [1.29, 1.82) is 0 Å². The van der Waals surface area contributed by atoms with Gasteiger partial charge in [0.1, 0.15) is 0 Å². The van der Waals surface area contributed by atoms with Crippen molar-refractivity contribution in [2.75, 3.05) is 13.7 Å². The van der Waals surface area contributed by atoms with E-state index in [-0.39, 0.29) is 29.6 Å². The molecule has 1 heterocycles. The van der Waals surface area contributed by atoms with Gasteiger partial charge in [-0.2, -0.15) is 0 Å². The van der Waals surface area contributed by atoms with Crippen molar-refractivity contribution in [3.8, 4) is 5.69 Å². The molecular weight excluding hydrogens is 392 g/mol. The maximum absolute atomic E-state index is 13.2. The van der Waals surface area contributed by atoms with Gasteiger partial charge in [0.05, 0.1) is 29.1 Å². The van der Waals surface area contributed by atoms with Gasteiger partial charge in [-0.1, -0.05) is 23.7 Å². The third-order valence-electron chi connectivity index (χ3n) is 4.31. The maximum Gasteiger partial charge on any atom is 0.339 e. The number of aromatic nitrogens is 1. The van der Waals surface area contributed by atoms with Crippen molar-refractivity contribution in [1.82, 2.24) is 9.88 Å². The Morgan fingerprint density at radius 3 is 2.38 bits per heavy atom. The second kappa shape index (κ2) is 8.75. The molecule has 1 aromatic heterocycles. The first-order valence-corrected chi connectivity index (χ1v) is 9.35. The first-order chi connectivity index (χ1) is 14.0. The summed E-state index contributed by atoms with van der Waals surface area (Å²) in [5.74, 6) is -1.17. The Labute approximate surface area is 173 Å². The summed E-state index contributed by atoms with van der Waals surface area (Å²) in [6, 6.07) is 14.8. The molecule has 0 bridgehead atoms. The Kier molecular flexibility index (Phi) is 6.14. The highest BCUT2D eigenvalue weighted by atomic mass is 35.5. The molecule has 0 aliphatic carbocycles. The monoisotopic (exact) mass is 410 g/mol. The first kappa shape index (κ1) is 20.4. The minimum atomic E-state index is -0.547. The van der Waals surface area contributed by atoms with E-state index < -0.39 is 5.97 Å². The van der Waals surface area contributed by atoms with Crippen molar-refractivity contribution < 1.29 is 19.1 Å². The second-order valence-corrected chi connectivity index (χ2v) is 6.57. The van der Waals surface area contributed by atoms with E-state index in [9.17, 15) is 14.4 Å². The van der Waals surface area contributed by atoms with E-state index in [0.717, 1.165) is 0 Å². The highest BCUT2D eigenvalue weighted by Gasteiger charge is 2.22. The summed E-state index contributed by atoms with van der Waals surface area (Å²) in [5.41, 5.74) is 1.69. The summed E-state index contributed by atoms with van der Waals surface area (Å²) in [6.45, 7) is 1.91. The quantitative estimate of drug-likeness (QED) is 0.494. The average Bonchev–Trinajstić information content (AvgIpc) is 3.19. The normalized spacial score (nSPS) is 10.4. The van der Waals surface area contributed by atoms with Crippen LogP contribution in [-0.4, -0.2) is 35.9 Å². The fraction of sp³-hybridized carbons (Fsp3) is 0.136. The molecule has 0 unspecified atom stereocenters. The van der Waals surface area contributed by atoms with Gasteiger partial charge in [-0.3, -0.25) is 9.59 Å². The van der Waals surface area contributed by atoms with Crippen LogP contribution in [-0.2, 0) is 4.74 Å². The van der Waals surface area contributed by atoms with Crippen LogP contribution in [0.15, 0.2) is 60.8 Å². The molecule has 7 heteroatoms. The number of nitrogens with zero attached hydrogens (tertiary/aromatic N) is 1. The number of benzene rings is 2. The summed E-state index contributed by atoms with van der Waals surface area (Å²) < 4.78 is 6.61. The predicted molar refractivity (Wildman–Crippen MR) is 110 cm³/mol. The van der Waals surface area contributed by atoms with Crippen LogP contribution in [0.5, 0.6) is 0 Å². The highest BCUT2D eigenvalue weighted by Crippen LogP contribution is 2.23. The van der Waals surface area contributed by atoms with Gasteiger partial charge in [0.15, 0.2) is 0 Å². The molecule has 0 aliphatic rings. The number of rotatable bonds is 6. The van der Waals surface area contributed by atoms with Crippen LogP contribution in [0.3, 0.4) is 0 Å². The van der Waals surface area contributed by atoms with E-state index in [1.807, 2.05) is 0 Å². The van der Waals surface area contributed by atoms with E-state index in [2.05, 4.69) is 5.32 Å².